The molecule has 3 atom stereocenters. The zero-order valence-electron chi connectivity index (χ0n) is 34.5. The van der Waals surface area contributed by atoms with Crippen molar-refractivity contribution in [3.63, 3.8) is 0 Å². The molecule has 0 spiro atoms. The van der Waals surface area contributed by atoms with Crippen molar-refractivity contribution in [2.45, 2.75) is 199 Å². The summed E-state index contributed by atoms with van der Waals surface area (Å²) < 4.78 is 32.6. The van der Waals surface area contributed by atoms with Gasteiger partial charge in [-0.05, 0) is 51.4 Å². The summed E-state index contributed by atoms with van der Waals surface area (Å²) in [6.45, 7) is 2.74. The van der Waals surface area contributed by atoms with Gasteiger partial charge < -0.3 is 25.2 Å². The molecule has 0 radical (unpaired) electrons. The molecule has 12 heteroatoms. The number of nitrogens with two attached hydrogens (primary N) is 1. The van der Waals surface area contributed by atoms with Crippen LogP contribution in [0, 0.1) is 0 Å². The summed E-state index contributed by atoms with van der Waals surface area (Å²) in [6.07, 6.45) is 40.7. The summed E-state index contributed by atoms with van der Waals surface area (Å²) in [6, 6.07) is -1.53. The Balaban J connectivity index is 4.42. The van der Waals surface area contributed by atoms with E-state index in [9.17, 15) is 23.8 Å². The quantitative estimate of drug-likeness (QED) is 0.0233. The van der Waals surface area contributed by atoms with Crippen molar-refractivity contribution >= 4 is 25.7 Å². The summed E-state index contributed by atoms with van der Waals surface area (Å²) in [5.74, 6) is -2.42. The number of ether oxygens (including phenoxy) is 2. The third-order valence-electron chi connectivity index (χ3n) is 9.14. The number of carboxylic acids is 1. The van der Waals surface area contributed by atoms with Crippen LogP contribution in [0.25, 0.3) is 0 Å². The lowest BCUT2D eigenvalue weighted by Crippen LogP contribution is -2.34. The molecule has 0 fully saturated rings. The molecule has 11 nitrogen and oxygen atoms in total. The number of phosphoric acid groups is 1. The summed E-state index contributed by atoms with van der Waals surface area (Å²) >= 11 is 0. The van der Waals surface area contributed by atoms with E-state index in [0.29, 0.717) is 12.8 Å². The second kappa shape index (κ2) is 38.6. The van der Waals surface area contributed by atoms with E-state index in [0.717, 1.165) is 51.4 Å². The molecule has 0 aromatic carbocycles. The summed E-state index contributed by atoms with van der Waals surface area (Å²) in [5, 5.41) is 8.88. The first-order valence-electron chi connectivity index (χ1n) is 21.5. The van der Waals surface area contributed by atoms with Crippen molar-refractivity contribution in [3.05, 3.63) is 36.5 Å². The fourth-order valence-corrected chi connectivity index (χ4v) is 6.50. The molecular weight excluding hydrogens is 721 g/mol. The number of hydrogen-bond acceptors (Lipinski definition) is 9. The van der Waals surface area contributed by atoms with Crippen LogP contribution in [0.5, 0.6) is 0 Å². The average molecular weight is 800 g/mol. The number of rotatable bonds is 40. The minimum Gasteiger partial charge on any atom is -0.480 e. The number of aliphatic carboxylic acids is 1. The lowest BCUT2D eigenvalue weighted by molar-refractivity contribution is -0.161. The van der Waals surface area contributed by atoms with Gasteiger partial charge in [0.1, 0.15) is 12.6 Å². The van der Waals surface area contributed by atoms with Crippen LogP contribution >= 0.6 is 7.82 Å². The Hall–Kier alpha value is -2.30. The maximum absolute atomic E-state index is 12.6. The predicted octanol–water partition coefficient (Wildman–Crippen LogP) is 11.2. The van der Waals surface area contributed by atoms with E-state index >= 15 is 0 Å². The first-order valence-corrected chi connectivity index (χ1v) is 23.0. The zero-order chi connectivity index (χ0) is 40.7. The van der Waals surface area contributed by atoms with Gasteiger partial charge in [-0.3, -0.25) is 23.4 Å². The molecule has 320 valence electrons. The van der Waals surface area contributed by atoms with Crippen LogP contribution in [0.15, 0.2) is 36.5 Å². The fourth-order valence-electron chi connectivity index (χ4n) is 5.72. The molecule has 55 heavy (non-hydrogen) atoms. The number of allylic oxidation sites excluding steroid dienone is 6. The molecule has 0 saturated carbocycles. The van der Waals surface area contributed by atoms with Gasteiger partial charge in [-0.15, -0.1) is 0 Å². The van der Waals surface area contributed by atoms with Crippen LogP contribution in [0.4, 0.5) is 0 Å². The first kappa shape index (κ1) is 52.7. The van der Waals surface area contributed by atoms with Gasteiger partial charge in [0.25, 0.3) is 0 Å². The molecule has 0 saturated heterocycles. The highest BCUT2D eigenvalue weighted by Crippen LogP contribution is 2.43. The Bertz CT molecular complexity index is 1080. The molecule has 0 aromatic rings. The Labute approximate surface area is 333 Å². The van der Waals surface area contributed by atoms with E-state index in [-0.39, 0.29) is 19.4 Å². The summed E-state index contributed by atoms with van der Waals surface area (Å²) in [7, 11) is -4.72. The second-order valence-electron chi connectivity index (χ2n) is 14.5. The lowest BCUT2D eigenvalue weighted by Gasteiger charge is -2.20. The smallest absolute Gasteiger partial charge is 0.472 e. The molecule has 0 heterocycles. The number of hydrogen-bond donors (Lipinski definition) is 3. The van der Waals surface area contributed by atoms with Crippen LogP contribution in [0.2, 0.25) is 0 Å². The third-order valence-corrected chi connectivity index (χ3v) is 10.1. The number of carbonyl (C=O) groups excluding carboxylic acids is 2. The minimum atomic E-state index is -4.72. The number of carbonyl (C=O) groups is 3. The zero-order valence-corrected chi connectivity index (χ0v) is 35.4. The van der Waals surface area contributed by atoms with E-state index < -0.39 is 51.1 Å². The number of unbranched alkanes of at least 4 members (excludes halogenated alkanes) is 20. The van der Waals surface area contributed by atoms with Crippen LogP contribution in [-0.2, 0) is 37.5 Å². The van der Waals surface area contributed by atoms with Crippen LogP contribution in [0.3, 0.4) is 0 Å². The molecule has 0 amide bonds. The van der Waals surface area contributed by atoms with Crippen LogP contribution < -0.4 is 5.73 Å². The molecular formula is C43H78NO10P. The highest BCUT2D eigenvalue weighted by molar-refractivity contribution is 7.47. The molecule has 1 unspecified atom stereocenters. The molecule has 0 aliphatic heterocycles. The average Bonchev–Trinajstić information content (AvgIpc) is 3.16. The first-order chi connectivity index (χ1) is 26.6. The topological polar surface area (TPSA) is 172 Å². The highest BCUT2D eigenvalue weighted by Gasteiger charge is 2.28. The molecule has 0 aliphatic carbocycles. The SMILES string of the molecule is CCCCC/C=C/C/C=C/C/C=C/CCCCC(=O)O[C@H](COC(=O)CCCCCCCCCCCCCCCCCC)COP(=O)(O)OC[C@H](N)C(=O)O. The monoisotopic (exact) mass is 800 g/mol. The van der Waals surface area contributed by atoms with Crippen molar-refractivity contribution in [2.75, 3.05) is 19.8 Å². The van der Waals surface area contributed by atoms with E-state index in [1.807, 2.05) is 0 Å². The van der Waals surface area contributed by atoms with E-state index in [2.05, 4.69) is 54.8 Å². The van der Waals surface area contributed by atoms with Crippen molar-refractivity contribution in [1.29, 1.82) is 0 Å². The molecule has 0 rings (SSSR count). The van der Waals surface area contributed by atoms with Crippen molar-refractivity contribution in [1.82, 2.24) is 0 Å². The Morgan fingerprint density at radius 2 is 0.964 bits per heavy atom. The Morgan fingerprint density at radius 1 is 0.564 bits per heavy atom. The van der Waals surface area contributed by atoms with Gasteiger partial charge in [-0.2, -0.15) is 0 Å². The maximum Gasteiger partial charge on any atom is 0.472 e. The van der Waals surface area contributed by atoms with E-state index in [4.69, 9.17) is 24.8 Å². The standard InChI is InChI=1S/C43H78NO10P/c1-3-5-7-9-11-13-15-17-19-21-22-24-26-28-30-32-34-41(45)51-36-39(37-52-55(49,50)53-38-40(44)43(47)48)54-42(46)35-33-31-29-27-25-23-20-18-16-14-12-10-8-6-4-2/h12,14,18,20,25,27,39-40H,3-11,13,15-17,19,21-24,26,28-38,44H2,1-2H3,(H,47,48)(H,49,50)/b14-12+,20-18+,27-25+/t39-,40+/m1/s1. The maximum atomic E-state index is 12.6. The van der Waals surface area contributed by atoms with Gasteiger partial charge in [0.05, 0.1) is 13.2 Å². The molecule has 0 aliphatic rings. The van der Waals surface area contributed by atoms with Crippen molar-refractivity contribution < 1.29 is 47.5 Å². The number of esters is 2. The number of phosphoric ester groups is 1. The van der Waals surface area contributed by atoms with Gasteiger partial charge in [0, 0.05) is 12.8 Å². The van der Waals surface area contributed by atoms with Gasteiger partial charge >= 0.3 is 25.7 Å². The van der Waals surface area contributed by atoms with Gasteiger partial charge in [0.15, 0.2) is 6.10 Å². The normalized spacial score (nSPS) is 14.1. The van der Waals surface area contributed by atoms with E-state index in [1.165, 1.54) is 96.3 Å². The summed E-state index contributed by atoms with van der Waals surface area (Å²) in [4.78, 5) is 45.9. The second-order valence-corrected chi connectivity index (χ2v) is 15.9. The van der Waals surface area contributed by atoms with Gasteiger partial charge in [-0.1, -0.05) is 159 Å². The molecule has 4 N–H and O–H groups in total. The Kier molecular flexibility index (Phi) is 37.0. The minimum absolute atomic E-state index is 0.114. The lowest BCUT2D eigenvalue weighted by atomic mass is 10.0. The molecule has 0 bridgehead atoms. The van der Waals surface area contributed by atoms with Gasteiger partial charge in [-0.25, -0.2) is 4.57 Å². The van der Waals surface area contributed by atoms with Crippen LogP contribution in [-0.4, -0.2) is 59.9 Å². The summed E-state index contributed by atoms with van der Waals surface area (Å²) in [5.41, 5.74) is 5.33. The highest BCUT2D eigenvalue weighted by atomic mass is 31.2. The fraction of sp³-hybridized carbons (Fsp3) is 0.791. The van der Waals surface area contributed by atoms with E-state index in [1.54, 1.807) is 0 Å². The van der Waals surface area contributed by atoms with Crippen molar-refractivity contribution in [2.24, 2.45) is 5.73 Å². The predicted molar refractivity (Wildman–Crippen MR) is 222 cm³/mol. The van der Waals surface area contributed by atoms with Crippen molar-refractivity contribution in [3.8, 4) is 0 Å². The van der Waals surface area contributed by atoms with Gasteiger partial charge in [0.2, 0.25) is 0 Å². The third kappa shape index (κ3) is 38.4. The molecule has 0 aromatic heterocycles. The Morgan fingerprint density at radius 3 is 1.47 bits per heavy atom. The number of carboxylic acid groups (broad SMARTS) is 1. The van der Waals surface area contributed by atoms with Crippen LogP contribution in [0.1, 0.15) is 187 Å². The largest absolute Gasteiger partial charge is 0.480 e.